The minimum Gasteiger partial charge on any atom is -0.546 e. The van der Waals surface area contributed by atoms with E-state index in [-0.39, 0.29) is 0 Å². The molecule has 0 amide bonds. The number of carboxylic acids is 1. The van der Waals surface area contributed by atoms with Gasteiger partial charge in [0, 0.05) is 17.1 Å². The van der Waals surface area contributed by atoms with Gasteiger partial charge in [0.1, 0.15) is 12.4 Å². The van der Waals surface area contributed by atoms with E-state index in [4.69, 9.17) is 4.74 Å². The summed E-state index contributed by atoms with van der Waals surface area (Å²) in [5.74, 6) is -0.707. The molecule has 2 aromatic rings. The van der Waals surface area contributed by atoms with E-state index in [1.54, 1.807) is 12.1 Å². The van der Waals surface area contributed by atoms with Gasteiger partial charge in [-0.15, -0.1) is 0 Å². The molecule has 0 aliphatic heterocycles. The number of carbonyl (C=O) groups excluding carboxylic acids is 1. The topological polar surface area (TPSA) is 54.3 Å². The van der Waals surface area contributed by atoms with Crippen LogP contribution in [0.2, 0.25) is 0 Å². The van der Waals surface area contributed by atoms with Gasteiger partial charge in [0.25, 0.3) is 0 Å². The number of benzene rings is 1. The average molecular weight is 244 g/mol. The van der Waals surface area contributed by atoms with Crippen molar-refractivity contribution in [3.05, 3.63) is 47.8 Å². The fourth-order valence-corrected chi connectivity index (χ4v) is 1.91. The molecule has 0 N–H and O–H groups in total. The van der Waals surface area contributed by atoms with Gasteiger partial charge in [0.15, 0.2) is 0 Å². The van der Waals surface area contributed by atoms with Crippen molar-refractivity contribution >= 4 is 5.97 Å². The number of hydrogen-bond donors (Lipinski definition) is 0. The number of rotatable bonds is 4. The van der Waals surface area contributed by atoms with Crippen LogP contribution in [0.3, 0.4) is 0 Å². The van der Waals surface area contributed by atoms with Crippen LogP contribution in [0.4, 0.5) is 0 Å². The first-order valence-corrected chi connectivity index (χ1v) is 5.66. The van der Waals surface area contributed by atoms with Crippen molar-refractivity contribution in [2.24, 2.45) is 0 Å². The zero-order chi connectivity index (χ0) is 13.1. The number of aromatic nitrogens is 1. The molecule has 2 rings (SSSR count). The minimum atomic E-state index is -1.23. The molecule has 94 valence electrons. The third-order valence-corrected chi connectivity index (χ3v) is 2.72. The fraction of sp³-hybridized carbons (Fsp3) is 0.214. The zero-order valence-electron chi connectivity index (χ0n) is 10.3. The van der Waals surface area contributed by atoms with Gasteiger partial charge in [-0.1, -0.05) is 0 Å². The van der Waals surface area contributed by atoms with Crippen LogP contribution in [0.5, 0.6) is 5.75 Å². The maximum Gasteiger partial charge on any atom is 0.128 e. The summed E-state index contributed by atoms with van der Waals surface area (Å²) < 4.78 is 7.14. The average Bonchev–Trinajstić information content (AvgIpc) is 2.67. The first-order chi connectivity index (χ1) is 8.58. The van der Waals surface area contributed by atoms with E-state index in [1.807, 2.05) is 26.0 Å². The molecule has 1 aromatic heterocycles. The molecule has 0 aliphatic carbocycles. The van der Waals surface area contributed by atoms with Crippen molar-refractivity contribution in [1.29, 1.82) is 0 Å². The quantitative estimate of drug-likeness (QED) is 0.812. The van der Waals surface area contributed by atoms with E-state index in [9.17, 15) is 9.90 Å². The third kappa shape index (κ3) is 2.53. The smallest absolute Gasteiger partial charge is 0.128 e. The second kappa shape index (κ2) is 4.96. The van der Waals surface area contributed by atoms with Crippen molar-refractivity contribution in [1.82, 2.24) is 4.57 Å². The van der Waals surface area contributed by atoms with Gasteiger partial charge in [0.2, 0.25) is 0 Å². The van der Waals surface area contributed by atoms with E-state index in [0.717, 1.165) is 17.1 Å². The summed E-state index contributed by atoms with van der Waals surface area (Å²) in [4.78, 5) is 10.3. The number of carbonyl (C=O) groups is 1. The fourth-order valence-electron chi connectivity index (χ4n) is 1.91. The van der Waals surface area contributed by atoms with Gasteiger partial charge in [0.05, 0.1) is 5.97 Å². The predicted octanol–water partition coefficient (Wildman–Crippen LogP) is 1.22. The largest absolute Gasteiger partial charge is 0.546 e. The first-order valence-electron chi connectivity index (χ1n) is 5.66. The number of aryl methyl sites for hydroxylation is 2. The molecule has 0 fully saturated rings. The molecule has 0 saturated heterocycles. The third-order valence-electron chi connectivity index (χ3n) is 2.72. The Morgan fingerprint density at radius 3 is 2.17 bits per heavy atom. The van der Waals surface area contributed by atoms with E-state index >= 15 is 0 Å². The molecule has 0 bridgehead atoms. The van der Waals surface area contributed by atoms with Gasteiger partial charge in [-0.2, -0.15) is 0 Å². The Kier molecular flexibility index (Phi) is 3.37. The molecule has 0 saturated carbocycles. The monoisotopic (exact) mass is 244 g/mol. The van der Waals surface area contributed by atoms with Gasteiger partial charge in [-0.25, -0.2) is 0 Å². The highest BCUT2D eigenvalue weighted by Gasteiger charge is 2.03. The molecule has 4 nitrogen and oxygen atoms in total. The van der Waals surface area contributed by atoms with E-state index in [1.165, 1.54) is 0 Å². The maximum absolute atomic E-state index is 10.3. The molecule has 0 atom stereocenters. The van der Waals surface area contributed by atoms with Crippen molar-refractivity contribution in [2.45, 2.75) is 13.8 Å². The molecular formula is C14H14NO3-. The van der Waals surface area contributed by atoms with Crippen LogP contribution in [0.15, 0.2) is 36.4 Å². The first kappa shape index (κ1) is 12.2. The van der Waals surface area contributed by atoms with Crippen LogP contribution >= 0.6 is 0 Å². The highest BCUT2D eigenvalue weighted by Crippen LogP contribution is 2.19. The van der Waals surface area contributed by atoms with E-state index in [2.05, 4.69) is 16.7 Å². The van der Waals surface area contributed by atoms with Gasteiger partial charge in [-0.05, 0) is 50.2 Å². The van der Waals surface area contributed by atoms with E-state index in [0.29, 0.717) is 5.75 Å². The van der Waals surface area contributed by atoms with Crippen LogP contribution in [-0.2, 0) is 4.79 Å². The molecule has 4 heteroatoms. The summed E-state index contributed by atoms with van der Waals surface area (Å²) in [6, 6.07) is 11.4. The normalized spacial score (nSPS) is 10.3. The SMILES string of the molecule is Cc1ccc(C)n1-c1ccc(OCC(=O)[O-])cc1. The van der Waals surface area contributed by atoms with Crippen LogP contribution in [0.25, 0.3) is 5.69 Å². The number of ether oxygens (including phenoxy) is 1. The summed E-state index contributed by atoms with van der Waals surface area (Å²) in [5.41, 5.74) is 3.32. The van der Waals surface area contributed by atoms with Gasteiger partial charge >= 0.3 is 0 Å². The number of carboxylic acid groups (broad SMARTS) is 1. The van der Waals surface area contributed by atoms with Gasteiger partial charge in [-0.3, -0.25) is 0 Å². The maximum atomic E-state index is 10.3. The number of aliphatic carboxylic acids is 1. The van der Waals surface area contributed by atoms with E-state index < -0.39 is 12.6 Å². The molecule has 1 heterocycles. The predicted molar refractivity (Wildman–Crippen MR) is 65.7 cm³/mol. The van der Waals surface area contributed by atoms with Crippen molar-refractivity contribution < 1.29 is 14.6 Å². The highest BCUT2D eigenvalue weighted by molar-refractivity contribution is 5.66. The molecule has 1 aromatic carbocycles. The number of nitrogens with zero attached hydrogens (tertiary/aromatic N) is 1. The minimum absolute atomic E-state index is 0.430. The molecule has 0 unspecified atom stereocenters. The molecule has 0 radical (unpaired) electrons. The van der Waals surface area contributed by atoms with Crippen LogP contribution in [0, 0.1) is 13.8 Å². The van der Waals surface area contributed by atoms with Crippen LogP contribution in [0.1, 0.15) is 11.4 Å². The Hall–Kier alpha value is -2.23. The molecule has 0 aliphatic rings. The van der Waals surface area contributed by atoms with Crippen molar-refractivity contribution in [2.75, 3.05) is 6.61 Å². The summed E-state index contributed by atoms with van der Waals surface area (Å²) in [6.07, 6.45) is 0. The lowest BCUT2D eigenvalue weighted by molar-refractivity contribution is -0.307. The molecule has 18 heavy (non-hydrogen) atoms. The summed E-state index contributed by atoms with van der Waals surface area (Å²) in [6.45, 7) is 3.64. The Morgan fingerprint density at radius 1 is 1.11 bits per heavy atom. The summed E-state index contributed by atoms with van der Waals surface area (Å²) in [5, 5.41) is 10.3. The Balaban J connectivity index is 2.20. The van der Waals surface area contributed by atoms with Crippen LogP contribution < -0.4 is 9.84 Å². The lowest BCUT2D eigenvalue weighted by Gasteiger charge is -2.11. The molecule has 0 spiro atoms. The van der Waals surface area contributed by atoms with Gasteiger partial charge < -0.3 is 19.2 Å². The molecular weight excluding hydrogens is 230 g/mol. The Bertz CT molecular complexity index is 535. The standard InChI is InChI=1S/C14H15NO3/c1-10-3-4-11(2)15(10)12-5-7-13(8-6-12)18-9-14(16)17/h3-8H,9H2,1-2H3,(H,16,17)/p-1. The van der Waals surface area contributed by atoms with Crippen molar-refractivity contribution in [3.63, 3.8) is 0 Å². The Morgan fingerprint density at radius 2 is 1.67 bits per heavy atom. The zero-order valence-corrected chi connectivity index (χ0v) is 10.3. The second-order valence-corrected chi connectivity index (χ2v) is 4.11. The lowest BCUT2D eigenvalue weighted by atomic mass is 10.3. The highest BCUT2D eigenvalue weighted by atomic mass is 16.5. The second-order valence-electron chi connectivity index (χ2n) is 4.11. The lowest BCUT2D eigenvalue weighted by Crippen LogP contribution is -2.28. The summed E-state index contributed by atoms with van der Waals surface area (Å²) in [7, 11) is 0. The number of hydrogen-bond acceptors (Lipinski definition) is 3. The summed E-state index contributed by atoms with van der Waals surface area (Å²) >= 11 is 0. The Labute approximate surface area is 105 Å². The van der Waals surface area contributed by atoms with Crippen molar-refractivity contribution in [3.8, 4) is 11.4 Å². The van der Waals surface area contributed by atoms with Crippen LogP contribution in [-0.4, -0.2) is 17.1 Å².